The molecule has 0 aromatic carbocycles. The van der Waals surface area contributed by atoms with Gasteiger partial charge in [-0.05, 0) is 56.5 Å². The average molecular weight is 391 g/mol. The second kappa shape index (κ2) is 5.38. The van der Waals surface area contributed by atoms with E-state index in [1.165, 1.54) is 17.5 Å². The van der Waals surface area contributed by atoms with Crippen LogP contribution in [0.3, 0.4) is 0 Å². The zero-order valence-corrected chi connectivity index (χ0v) is 13.3. The summed E-state index contributed by atoms with van der Waals surface area (Å²) in [6.07, 6.45) is 1.53. The number of nitrogens with zero attached hydrogens (tertiary/aromatic N) is 1. The summed E-state index contributed by atoms with van der Waals surface area (Å²) >= 11 is 8.12. The number of aryl methyl sites for hydroxylation is 1. The number of nitrogen functional groups attached to an aromatic ring is 1. The van der Waals surface area contributed by atoms with Crippen molar-refractivity contribution in [1.82, 2.24) is 4.98 Å². The molecule has 0 aliphatic heterocycles. The van der Waals surface area contributed by atoms with Crippen LogP contribution in [0.15, 0.2) is 25.9 Å². The fraction of sp³-hybridized carbons (Fsp3) is 0.0909. The molecule has 0 atom stereocenters. The number of halogens is 2. The highest BCUT2D eigenvalue weighted by atomic mass is 79.9. The second-order valence-electron chi connectivity index (χ2n) is 3.62. The third-order valence-corrected chi connectivity index (χ3v) is 4.63. The Kier molecular flexibility index (Phi) is 4.04. The van der Waals surface area contributed by atoms with E-state index >= 15 is 0 Å². The Bertz CT molecular complexity index is 612. The minimum atomic E-state index is -0.208. The third-order valence-electron chi connectivity index (χ3n) is 2.29. The largest absolute Gasteiger partial charge is 0.397 e. The van der Waals surface area contributed by atoms with Crippen LogP contribution in [-0.4, -0.2) is 10.9 Å². The number of aromatic nitrogens is 1. The lowest BCUT2D eigenvalue weighted by Crippen LogP contribution is -2.12. The van der Waals surface area contributed by atoms with Crippen molar-refractivity contribution in [2.24, 2.45) is 0 Å². The number of hydrogen-bond donors (Lipinski definition) is 2. The van der Waals surface area contributed by atoms with Crippen LogP contribution >= 0.6 is 43.2 Å². The highest BCUT2D eigenvalue weighted by Crippen LogP contribution is 2.32. The lowest BCUT2D eigenvalue weighted by atomic mass is 10.2. The number of carbonyl (C=O) groups excluding carboxylic acids is 1. The van der Waals surface area contributed by atoms with E-state index in [1.54, 1.807) is 12.1 Å². The highest BCUT2D eigenvalue weighted by molar-refractivity contribution is 9.12. The minimum Gasteiger partial charge on any atom is -0.397 e. The van der Waals surface area contributed by atoms with E-state index in [4.69, 9.17) is 5.73 Å². The molecule has 0 bridgehead atoms. The summed E-state index contributed by atoms with van der Waals surface area (Å²) in [7, 11) is 0. The molecule has 2 aromatic heterocycles. The van der Waals surface area contributed by atoms with Gasteiger partial charge in [-0.3, -0.25) is 4.79 Å². The number of thiophene rings is 1. The van der Waals surface area contributed by atoms with Gasteiger partial charge in [0.25, 0.3) is 5.91 Å². The first-order chi connectivity index (χ1) is 8.47. The second-order valence-corrected chi connectivity index (χ2v) is 7.37. The van der Waals surface area contributed by atoms with E-state index in [-0.39, 0.29) is 5.91 Å². The van der Waals surface area contributed by atoms with Gasteiger partial charge in [0.2, 0.25) is 0 Å². The lowest BCUT2D eigenvalue weighted by molar-refractivity contribution is 0.102. The smallest absolute Gasteiger partial charge is 0.258 e. The zero-order valence-electron chi connectivity index (χ0n) is 9.33. The maximum absolute atomic E-state index is 12.0. The van der Waals surface area contributed by atoms with Gasteiger partial charge in [-0.2, -0.15) is 0 Å². The number of amides is 1. The summed E-state index contributed by atoms with van der Waals surface area (Å²) in [6, 6.07) is 3.50. The predicted octanol–water partition coefficient (Wildman–Crippen LogP) is 3.81. The normalized spacial score (nSPS) is 10.4. The Labute approximate surface area is 125 Å². The fourth-order valence-electron chi connectivity index (χ4n) is 1.31. The van der Waals surface area contributed by atoms with Crippen LogP contribution < -0.4 is 11.1 Å². The van der Waals surface area contributed by atoms with E-state index in [0.717, 1.165) is 13.1 Å². The van der Waals surface area contributed by atoms with E-state index in [0.29, 0.717) is 17.1 Å². The van der Waals surface area contributed by atoms with Gasteiger partial charge in [-0.25, -0.2) is 4.98 Å². The molecule has 0 aliphatic carbocycles. The van der Waals surface area contributed by atoms with Gasteiger partial charge in [0.1, 0.15) is 5.82 Å². The van der Waals surface area contributed by atoms with Crippen molar-refractivity contribution >= 4 is 60.6 Å². The standard InChI is InChI=1S/C11H9Br2N3OS/c1-5-2-9(15-4-7(5)14)16-11(17)6-3-8(12)18-10(6)13/h2-4H,14H2,1H3,(H,15,16,17). The zero-order chi connectivity index (χ0) is 13.3. The van der Waals surface area contributed by atoms with Crippen LogP contribution in [0.5, 0.6) is 0 Å². The third kappa shape index (κ3) is 2.90. The maximum atomic E-state index is 12.0. The Hall–Kier alpha value is -0.920. The van der Waals surface area contributed by atoms with Gasteiger partial charge in [0.05, 0.1) is 25.0 Å². The van der Waals surface area contributed by atoms with E-state index in [9.17, 15) is 4.79 Å². The van der Waals surface area contributed by atoms with Gasteiger partial charge < -0.3 is 11.1 Å². The molecule has 0 spiro atoms. The molecular weight excluding hydrogens is 382 g/mol. The summed E-state index contributed by atoms with van der Waals surface area (Å²) in [5.41, 5.74) is 7.73. The molecule has 4 nitrogen and oxygen atoms in total. The van der Waals surface area contributed by atoms with Gasteiger partial charge in [0.15, 0.2) is 0 Å². The number of carbonyl (C=O) groups is 1. The molecule has 0 aliphatic rings. The number of nitrogens with one attached hydrogen (secondary N) is 1. The molecule has 0 radical (unpaired) electrons. The number of rotatable bonds is 2. The molecule has 94 valence electrons. The number of nitrogens with two attached hydrogens (primary N) is 1. The molecule has 0 fully saturated rings. The molecule has 2 heterocycles. The summed E-state index contributed by atoms with van der Waals surface area (Å²) in [6.45, 7) is 1.86. The average Bonchev–Trinajstić information content (AvgIpc) is 2.63. The van der Waals surface area contributed by atoms with E-state index in [1.807, 2.05) is 6.92 Å². The van der Waals surface area contributed by atoms with Gasteiger partial charge in [-0.1, -0.05) is 0 Å². The Morgan fingerprint density at radius 3 is 2.72 bits per heavy atom. The number of hydrogen-bond acceptors (Lipinski definition) is 4. The Morgan fingerprint density at radius 1 is 1.44 bits per heavy atom. The Morgan fingerprint density at radius 2 is 2.17 bits per heavy atom. The summed E-state index contributed by atoms with van der Waals surface area (Å²) in [5.74, 6) is 0.279. The van der Waals surface area contributed by atoms with Crippen molar-refractivity contribution in [3.8, 4) is 0 Å². The van der Waals surface area contributed by atoms with Crippen LogP contribution in [0.2, 0.25) is 0 Å². The molecule has 7 heteroatoms. The Balaban J connectivity index is 2.21. The lowest BCUT2D eigenvalue weighted by Gasteiger charge is -2.05. The minimum absolute atomic E-state index is 0.208. The van der Waals surface area contributed by atoms with Crippen molar-refractivity contribution in [3.05, 3.63) is 37.0 Å². The van der Waals surface area contributed by atoms with Crippen molar-refractivity contribution < 1.29 is 4.79 Å². The molecule has 18 heavy (non-hydrogen) atoms. The summed E-state index contributed by atoms with van der Waals surface area (Å²) in [4.78, 5) is 16.1. The molecule has 0 unspecified atom stereocenters. The first-order valence-corrected chi connectivity index (χ1v) is 7.36. The van der Waals surface area contributed by atoms with Gasteiger partial charge in [0, 0.05) is 0 Å². The molecule has 0 saturated carbocycles. The topological polar surface area (TPSA) is 68.0 Å². The summed E-state index contributed by atoms with van der Waals surface area (Å²) < 4.78 is 1.67. The fourth-order valence-corrected chi connectivity index (χ4v) is 4.11. The van der Waals surface area contributed by atoms with Crippen LogP contribution in [0.25, 0.3) is 0 Å². The molecule has 2 rings (SSSR count). The van der Waals surface area contributed by atoms with Crippen molar-refractivity contribution in [3.63, 3.8) is 0 Å². The number of anilines is 2. The summed E-state index contributed by atoms with van der Waals surface area (Å²) in [5, 5.41) is 2.73. The van der Waals surface area contributed by atoms with Crippen molar-refractivity contribution in [2.75, 3.05) is 11.1 Å². The van der Waals surface area contributed by atoms with Gasteiger partial charge in [-0.15, -0.1) is 11.3 Å². The van der Waals surface area contributed by atoms with Crippen LogP contribution in [-0.2, 0) is 0 Å². The molecule has 1 amide bonds. The van der Waals surface area contributed by atoms with E-state index < -0.39 is 0 Å². The quantitative estimate of drug-likeness (QED) is 0.819. The first-order valence-electron chi connectivity index (χ1n) is 4.95. The molecule has 0 saturated heterocycles. The number of pyridine rings is 1. The van der Waals surface area contributed by atoms with E-state index in [2.05, 4.69) is 42.2 Å². The van der Waals surface area contributed by atoms with Crippen LogP contribution in [0, 0.1) is 6.92 Å². The highest BCUT2D eigenvalue weighted by Gasteiger charge is 2.14. The van der Waals surface area contributed by atoms with Crippen LogP contribution in [0.1, 0.15) is 15.9 Å². The van der Waals surface area contributed by atoms with Gasteiger partial charge >= 0.3 is 0 Å². The predicted molar refractivity (Wildman–Crippen MR) is 81.1 cm³/mol. The van der Waals surface area contributed by atoms with Crippen LogP contribution in [0.4, 0.5) is 11.5 Å². The van der Waals surface area contributed by atoms with Crippen molar-refractivity contribution in [1.29, 1.82) is 0 Å². The SMILES string of the molecule is Cc1cc(NC(=O)c2cc(Br)sc2Br)ncc1N. The van der Waals surface area contributed by atoms with Crippen molar-refractivity contribution in [2.45, 2.75) is 6.92 Å². The molecular formula is C11H9Br2N3OS. The first kappa shape index (κ1) is 13.5. The maximum Gasteiger partial charge on any atom is 0.258 e. The monoisotopic (exact) mass is 389 g/mol. The molecule has 2 aromatic rings. The molecule has 3 N–H and O–H groups in total.